The average molecular weight is 266 g/mol. The molecule has 2 atom stereocenters. The van der Waals surface area contributed by atoms with Crippen molar-refractivity contribution in [1.82, 2.24) is 0 Å². The number of aliphatic hydroxyl groups excluding tert-OH is 2. The lowest BCUT2D eigenvalue weighted by molar-refractivity contribution is -0.0268. The third kappa shape index (κ3) is 3.61. The first-order valence-corrected chi connectivity index (χ1v) is 6.73. The molecule has 2 unspecified atom stereocenters. The Hall–Kier alpha value is -1.26. The predicted molar refractivity (Wildman–Crippen MR) is 69.3 cm³/mol. The lowest BCUT2D eigenvalue weighted by Crippen LogP contribution is -2.36. The van der Waals surface area contributed by atoms with Crippen LogP contribution in [0.2, 0.25) is 0 Å². The molecule has 1 aromatic carbocycles. The number of halogens is 1. The monoisotopic (exact) mass is 266 g/mol. The summed E-state index contributed by atoms with van der Waals surface area (Å²) in [4.78, 5) is 11.9. The molecule has 4 heteroatoms. The number of hydrogen-bond acceptors (Lipinski definition) is 3. The van der Waals surface area contributed by atoms with E-state index < -0.39 is 12.2 Å². The maximum Gasteiger partial charge on any atom is 0.162 e. The number of rotatable bonds is 4. The highest BCUT2D eigenvalue weighted by Gasteiger charge is 2.30. The Morgan fingerprint density at radius 2 is 1.74 bits per heavy atom. The summed E-state index contributed by atoms with van der Waals surface area (Å²) in [5, 5.41) is 19.7. The number of benzene rings is 1. The van der Waals surface area contributed by atoms with Crippen molar-refractivity contribution >= 4 is 5.78 Å². The third-order valence-electron chi connectivity index (χ3n) is 3.86. The van der Waals surface area contributed by atoms with E-state index in [4.69, 9.17) is 0 Å². The molecule has 1 fully saturated rings. The second-order valence-corrected chi connectivity index (χ2v) is 5.20. The van der Waals surface area contributed by atoms with Crippen LogP contribution in [-0.2, 0) is 0 Å². The molecule has 2 rings (SSSR count). The molecule has 1 aliphatic carbocycles. The van der Waals surface area contributed by atoms with Gasteiger partial charge in [-0.3, -0.25) is 4.79 Å². The van der Waals surface area contributed by atoms with Gasteiger partial charge >= 0.3 is 0 Å². The maximum absolute atomic E-state index is 12.8. The molecule has 0 aromatic heterocycles. The van der Waals surface area contributed by atoms with Crippen LogP contribution < -0.4 is 0 Å². The summed E-state index contributed by atoms with van der Waals surface area (Å²) in [6.45, 7) is 0. The van der Waals surface area contributed by atoms with E-state index in [-0.39, 0.29) is 23.9 Å². The van der Waals surface area contributed by atoms with E-state index in [0.29, 0.717) is 24.8 Å². The standard InChI is InChI=1S/C15H19FO3/c16-11-6-4-10(5-7-11)13(17)9-8-12-14(18)2-1-3-15(12)19/h4-7,12,14-15,18-19H,1-3,8-9H2. The molecule has 0 radical (unpaired) electrons. The lowest BCUT2D eigenvalue weighted by atomic mass is 9.80. The zero-order valence-corrected chi connectivity index (χ0v) is 10.8. The molecule has 0 bridgehead atoms. The minimum absolute atomic E-state index is 0.0787. The molecule has 0 spiro atoms. The fraction of sp³-hybridized carbons (Fsp3) is 0.533. The number of ketones is 1. The van der Waals surface area contributed by atoms with E-state index in [9.17, 15) is 19.4 Å². The van der Waals surface area contributed by atoms with Crippen molar-refractivity contribution in [2.24, 2.45) is 5.92 Å². The van der Waals surface area contributed by atoms with Gasteiger partial charge in [0.05, 0.1) is 12.2 Å². The smallest absolute Gasteiger partial charge is 0.162 e. The van der Waals surface area contributed by atoms with Gasteiger partial charge in [-0.2, -0.15) is 0 Å². The molecule has 0 heterocycles. The summed E-state index contributed by atoms with van der Waals surface area (Å²) in [5.41, 5.74) is 0.473. The Morgan fingerprint density at radius 3 is 2.32 bits per heavy atom. The van der Waals surface area contributed by atoms with Crippen molar-refractivity contribution in [3.05, 3.63) is 35.6 Å². The second-order valence-electron chi connectivity index (χ2n) is 5.20. The summed E-state index contributed by atoms with van der Waals surface area (Å²) in [6.07, 6.45) is 1.89. The van der Waals surface area contributed by atoms with E-state index in [1.165, 1.54) is 24.3 Å². The minimum Gasteiger partial charge on any atom is -0.393 e. The molecular weight excluding hydrogens is 247 g/mol. The summed E-state index contributed by atoms with van der Waals surface area (Å²) >= 11 is 0. The van der Waals surface area contributed by atoms with Crippen molar-refractivity contribution < 1.29 is 19.4 Å². The number of carbonyl (C=O) groups is 1. The molecule has 0 amide bonds. The van der Waals surface area contributed by atoms with Crippen molar-refractivity contribution in [3.8, 4) is 0 Å². The molecule has 0 aliphatic heterocycles. The highest BCUT2D eigenvalue weighted by molar-refractivity contribution is 5.95. The number of carbonyl (C=O) groups excluding carboxylic acids is 1. The van der Waals surface area contributed by atoms with Crippen LogP contribution in [0.1, 0.15) is 42.5 Å². The Balaban J connectivity index is 1.90. The first-order valence-electron chi connectivity index (χ1n) is 6.73. The third-order valence-corrected chi connectivity index (χ3v) is 3.86. The van der Waals surface area contributed by atoms with Gasteiger partial charge in [0.2, 0.25) is 0 Å². The quantitative estimate of drug-likeness (QED) is 0.822. The van der Waals surface area contributed by atoms with Crippen molar-refractivity contribution in [2.75, 3.05) is 0 Å². The van der Waals surface area contributed by atoms with E-state index in [0.717, 1.165) is 6.42 Å². The number of aliphatic hydroxyl groups is 2. The molecular formula is C15H19FO3. The average Bonchev–Trinajstić information content (AvgIpc) is 2.38. The molecule has 19 heavy (non-hydrogen) atoms. The Labute approximate surface area is 112 Å². The lowest BCUT2D eigenvalue weighted by Gasteiger charge is -2.32. The maximum atomic E-state index is 12.8. The Bertz CT molecular complexity index is 420. The van der Waals surface area contributed by atoms with Crippen LogP contribution in [0, 0.1) is 11.7 Å². The summed E-state index contributed by atoms with van der Waals surface area (Å²) < 4.78 is 12.8. The SMILES string of the molecule is O=C(CCC1C(O)CCCC1O)c1ccc(F)cc1. The van der Waals surface area contributed by atoms with Crippen LogP contribution in [0.15, 0.2) is 24.3 Å². The largest absolute Gasteiger partial charge is 0.393 e. The van der Waals surface area contributed by atoms with Gasteiger partial charge in [-0.1, -0.05) is 0 Å². The van der Waals surface area contributed by atoms with Gasteiger partial charge < -0.3 is 10.2 Å². The Morgan fingerprint density at radius 1 is 1.16 bits per heavy atom. The van der Waals surface area contributed by atoms with Gasteiger partial charge in [0.15, 0.2) is 5.78 Å². The van der Waals surface area contributed by atoms with Crippen molar-refractivity contribution in [3.63, 3.8) is 0 Å². The molecule has 1 aliphatic rings. The predicted octanol–water partition coefficient (Wildman–Crippen LogP) is 2.31. The highest BCUT2D eigenvalue weighted by Crippen LogP contribution is 2.29. The van der Waals surface area contributed by atoms with E-state index >= 15 is 0 Å². The molecule has 104 valence electrons. The summed E-state index contributed by atoms with van der Waals surface area (Å²) in [7, 11) is 0. The zero-order valence-electron chi connectivity index (χ0n) is 10.8. The second kappa shape index (κ2) is 6.26. The van der Waals surface area contributed by atoms with Crippen LogP contribution in [0.3, 0.4) is 0 Å². The Kier molecular flexibility index (Phi) is 4.66. The summed E-state index contributed by atoms with van der Waals surface area (Å²) in [6, 6.07) is 5.45. The highest BCUT2D eigenvalue weighted by atomic mass is 19.1. The number of Topliss-reactive ketones (excluding diaryl/α,β-unsaturated/α-hetero) is 1. The summed E-state index contributed by atoms with van der Waals surface area (Å²) in [5.74, 6) is -0.669. The molecule has 1 saturated carbocycles. The zero-order chi connectivity index (χ0) is 13.8. The molecule has 0 saturated heterocycles. The van der Waals surface area contributed by atoms with E-state index in [2.05, 4.69) is 0 Å². The van der Waals surface area contributed by atoms with Gasteiger partial charge in [-0.25, -0.2) is 4.39 Å². The van der Waals surface area contributed by atoms with Crippen LogP contribution in [0.4, 0.5) is 4.39 Å². The fourth-order valence-electron chi connectivity index (χ4n) is 2.68. The topological polar surface area (TPSA) is 57.5 Å². The van der Waals surface area contributed by atoms with Crippen LogP contribution in [0.5, 0.6) is 0 Å². The van der Waals surface area contributed by atoms with Gasteiger partial charge in [-0.15, -0.1) is 0 Å². The van der Waals surface area contributed by atoms with Crippen LogP contribution in [0.25, 0.3) is 0 Å². The minimum atomic E-state index is -0.523. The van der Waals surface area contributed by atoms with Crippen LogP contribution in [-0.4, -0.2) is 28.2 Å². The molecule has 3 nitrogen and oxygen atoms in total. The van der Waals surface area contributed by atoms with E-state index in [1.807, 2.05) is 0 Å². The first-order chi connectivity index (χ1) is 9.08. The first kappa shape index (κ1) is 14.2. The van der Waals surface area contributed by atoms with Crippen molar-refractivity contribution in [2.45, 2.75) is 44.3 Å². The van der Waals surface area contributed by atoms with Gasteiger partial charge in [0, 0.05) is 17.9 Å². The normalized spacial score (nSPS) is 27.2. The molecule has 2 N–H and O–H groups in total. The fourth-order valence-corrected chi connectivity index (χ4v) is 2.68. The van der Waals surface area contributed by atoms with E-state index in [1.54, 1.807) is 0 Å². The van der Waals surface area contributed by atoms with Gasteiger partial charge in [-0.05, 0) is 49.9 Å². The van der Waals surface area contributed by atoms with Gasteiger partial charge in [0.1, 0.15) is 5.82 Å². The number of hydrogen-bond donors (Lipinski definition) is 2. The van der Waals surface area contributed by atoms with Gasteiger partial charge in [0.25, 0.3) is 0 Å². The van der Waals surface area contributed by atoms with Crippen molar-refractivity contribution in [1.29, 1.82) is 0 Å². The van der Waals surface area contributed by atoms with Crippen LogP contribution >= 0.6 is 0 Å². The molecule has 1 aromatic rings.